The van der Waals surface area contributed by atoms with Gasteiger partial charge in [0.1, 0.15) is 17.3 Å². The van der Waals surface area contributed by atoms with Gasteiger partial charge in [-0.2, -0.15) is 0 Å². The van der Waals surface area contributed by atoms with Crippen LogP contribution in [-0.4, -0.2) is 12.2 Å². The summed E-state index contributed by atoms with van der Waals surface area (Å²) in [4.78, 5) is 0. The van der Waals surface area contributed by atoms with Crippen LogP contribution in [0.5, 0.6) is 11.5 Å². The van der Waals surface area contributed by atoms with Crippen molar-refractivity contribution in [3.05, 3.63) is 53.8 Å². The Labute approximate surface area is 111 Å². The number of methoxy groups -OCH3 is 1. The number of hydrogen-bond donors (Lipinski definition) is 2. The van der Waals surface area contributed by atoms with E-state index in [0.717, 1.165) is 5.69 Å². The number of phenolic OH excluding ortho intramolecular Hbond substituents is 1. The average Bonchev–Trinajstić information content (AvgIpc) is 2.38. The van der Waals surface area contributed by atoms with Crippen LogP contribution in [0.15, 0.2) is 42.5 Å². The van der Waals surface area contributed by atoms with Gasteiger partial charge < -0.3 is 15.2 Å². The van der Waals surface area contributed by atoms with Crippen LogP contribution in [0.3, 0.4) is 0 Å². The topological polar surface area (TPSA) is 41.5 Å². The van der Waals surface area contributed by atoms with Gasteiger partial charge in [-0.1, -0.05) is 12.1 Å². The highest BCUT2D eigenvalue weighted by Gasteiger charge is 2.11. The molecule has 0 radical (unpaired) electrons. The van der Waals surface area contributed by atoms with Gasteiger partial charge in [-0.3, -0.25) is 0 Å². The zero-order chi connectivity index (χ0) is 13.8. The van der Waals surface area contributed by atoms with E-state index in [0.29, 0.717) is 11.3 Å². The van der Waals surface area contributed by atoms with Crippen molar-refractivity contribution in [1.29, 1.82) is 0 Å². The van der Waals surface area contributed by atoms with Crippen molar-refractivity contribution in [3.63, 3.8) is 0 Å². The van der Waals surface area contributed by atoms with Gasteiger partial charge in [-0.25, -0.2) is 4.39 Å². The van der Waals surface area contributed by atoms with Gasteiger partial charge in [0.25, 0.3) is 0 Å². The molecule has 3 nitrogen and oxygen atoms in total. The van der Waals surface area contributed by atoms with Gasteiger partial charge in [0.05, 0.1) is 13.2 Å². The minimum absolute atomic E-state index is 0.174. The lowest BCUT2D eigenvalue weighted by atomic mass is 10.1. The molecule has 0 saturated heterocycles. The second-order valence-electron chi connectivity index (χ2n) is 4.30. The highest BCUT2D eigenvalue weighted by Crippen LogP contribution is 2.26. The van der Waals surface area contributed by atoms with Crippen molar-refractivity contribution in [2.75, 3.05) is 12.4 Å². The van der Waals surface area contributed by atoms with E-state index in [9.17, 15) is 9.50 Å². The van der Waals surface area contributed by atoms with E-state index in [4.69, 9.17) is 4.74 Å². The van der Waals surface area contributed by atoms with E-state index in [1.807, 2.05) is 13.0 Å². The first-order valence-electron chi connectivity index (χ1n) is 5.99. The molecule has 19 heavy (non-hydrogen) atoms. The highest BCUT2D eigenvalue weighted by molar-refractivity contribution is 5.49. The summed E-state index contributed by atoms with van der Waals surface area (Å²) >= 11 is 0. The summed E-state index contributed by atoms with van der Waals surface area (Å²) in [5.74, 6) is 0.345. The number of nitrogens with one attached hydrogen (secondary N) is 1. The maximum Gasteiger partial charge on any atom is 0.132 e. The molecule has 0 amide bonds. The number of halogens is 1. The summed E-state index contributed by atoms with van der Waals surface area (Å²) in [6.07, 6.45) is 0. The van der Waals surface area contributed by atoms with Gasteiger partial charge in [0.2, 0.25) is 0 Å². The van der Waals surface area contributed by atoms with Crippen LogP contribution >= 0.6 is 0 Å². The third-order valence-electron chi connectivity index (χ3n) is 2.90. The molecule has 0 bridgehead atoms. The lowest BCUT2D eigenvalue weighted by molar-refractivity contribution is 0.410. The minimum atomic E-state index is -0.320. The molecular formula is C15H16FNO2. The van der Waals surface area contributed by atoms with Gasteiger partial charge in [0, 0.05) is 23.4 Å². The molecule has 4 heteroatoms. The minimum Gasteiger partial charge on any atom is -0.508 e. The van der Waals surface area contributed by atoms with Gasteiger partial charge in [-0.15, -0.1) is 0 Å². The Balaban J connectivity index is 2.18. The smallest absolute Gasteiger partial charge is 0.132 e. The van der Waals surface area contributed by atoms with E-state index in [-0.39, 0.29) is 17.6 Å². The number of aromatic hydroxyl groups is 1. The van der Waals surface area contributed by atoms with E-state index < -0.39 is 0 Å². The van der Waals surface area contributed by atoms with Crippen molar-refractivity contribution in [2.45, 2.75) is 13.0 Å². The van der Waals surface area contributed by atoms with Crippen LogP contribution in [0.2, 0.25) is 0 Å². The fraction of sp³-hybridized carbons (Fsp3) is 0.200. The maximum absolute atomic E-state index is 13.9. The fourth-order valence-corrected chi connectivity index (χ4v) is 1.91. The van der Waals surface area contributed by atoms with E-state index in [1.54, 1.807) is 30.3 Å². The van der Waals surface area contributed by atoms with Gasteiger partial charge >= 0.3 is 0 Å². The van der Waals surface area contributed by atoms with Crippen LogP contribution < -0.4 is 10.1 Å². The van der Waals surface area contributed by atoms with E-state index >= 15 is 0 Å². The molecule has 1 atom stereocenters. The molecule has 0 aliphatic carbocycles. The third-order valence-corrected chi connectivity index (χ3v) is 2.90. The van der Waals surface area contributed by atoms with Crippen molar-refractivity contribution in [3.8, 4) is 11.5 Å². The molecule has 0 aromatic heterocycles. The predicted molar refractivity (Wildman–Crippen MR) is 73.1 cm³/mol. The Kier molecular flexibility index (Phi) is 3.90. The molecule has 0 aliphatic heterocycles. The van der Waals surface area contributed by atoms with Crippen LogP contribution in [0.25, 0.3) is 0 Å². The first-order valence-corrected chi connectivity index (χ1v) is 5.99. The Morgan fingerprint density at radius 3 is 2.63 bits per heavy atom. The lowest BCUT2D eigenvalue weighted by Gasteiger charge is -2.17. The average molecular weight is 261 g/mol. The molecule has 2 rings (SSSR count). The van der Waals surface area contributed by atoms with Gasteiger partial charge in [0.15, 0.2) is 0 Å². The Morgan fingerprint density at radius 2 is 2.00 bits per heavy atom. The normalized spacial score (nSPS) is 11.9. The van der Waals surface area contributed by atoms with Crippen LogP contribution in [0.1, 0.15) is 18.5 Å². The Bertz CT molecular complexity index is 572. The van der Waals surface area contributed by atoms with Crippen molar-refractivity contribution in [2.24, 2.45) is 0 Å². The molecule has 0 aliphatic rings. The third kappa shape index (κ3) is 3.16. The van der Waals surface area contributed by atoms with Crippen molar-refractivity contribution >= 4 is 5.69 Å². The molecule has 2 aromatic rings. The summed E-state index contributed by atoms with van der Waals surface area (Å²) in [6, 6.07) is 11.3. The van der Waals surface area contributed by atoms with Crippen molar-refractivity contribution < 1.29 is 14.2 Å². The van der Waals surface area contributed by atoms with Crippen LogP contribution in [0, 0.1) is 5.82 Å². The second kappa shape index (κ2) is 5.61. The number of rotatable bonds is 4. The monoisotopic (exact) mass is 261 g/mol. The molecule has 0 heterocycles. The second-order valence-corrected chi connectivity index (χ2v) is 4.30. The molecule has 2 N–H and O–H groups in total. The van der Waals surface area contributed by atoms with E-state index in [2.05, 4.69) is 5.32 Å². The zero-order valence-corrected chi connectivity index (χ0v) is 10.9. The first-order chi connectivity index (χ1) is 9.10. The molecule has 2 aromatic carbocycles. The molecule has 0 fully saturated rings. The molecule has 0 spiro atoms. The largest absolute Gasteiger partial charge is 0.508 e. The highest BCUT2D eigenvalue weighted by atomic mass is 19.1. The Hall–Kier alpha value is -2.23. The van der Waals surface area contributed by atoms with Crippen LogP contribution in [0.4, 0.5) is 10.1 Å². The van der Waals surface area contributed by atoms with Gasteiger partial charge in [-0.05, 0) is 25.1 Å². The SMILES string of the molecule is COc1ccc(C(C)Nc2cccc(O)c2)c(F)c1. The zero-order valence-electron chi connectivity index (χ0n) is 10.9. The summed E-state index contributed by atoms with van der Waals surface area (Å²) in [7, 11) is 1.50. The quantitative estimate of drug-likeness (QED) is 0.881. The number of anilines is 1. The molecular weight excluding hydrogens is 245 g/mol. The lowest BCUT2D eigenvalue weighted by Crippen LogP contribution is -2.08. The number of ether oxygens (including phenoxy) is 1. The summed E-state index contributed by atoms with van der Waals surface area (Å²) in [6.45, 7) is 1.86. The number of phenols is 1. The first kappa shape index (κ1) is 13.2. The predicted octanol–water partition coefficient (Wildman–Crippen LogP) is 3.71. The summed E-state index contributed by atoms with van der Waals surface area (Å²) in [5, 5.41) is 12.5. The van der Waals surface area contributed by atoms with Crippen molar-refractivity contribution in [1.82, 2.24) is 0 Å². The maximum atomic E-state index is 13.9. The molecule has 100 valence electrons. The molecule has 1 unspecified atom stereocenters. The summed E-state index contributed by atoms with van der Waals surface area (Å²) in [5.41, 5.74) is 1.28. The van der Waals surface area contributed by atoms with Crippen LogP contribution in [-0.2, 0) is 0 Å². The Morgan fingerprint density at radius 1 is 1.21 bits per heavy atom. The number of hydrogen-bond acceptors (Lipinski definition) is 3. The fourth-order valence-electron chi connectivity index (χ4n) is 1.91. The molecule has 0 saturated carbocycles. The summed E-state index contributed by atoms with van der Waals surface area (Å²) < 4.78 is 18.9. The standard InChI is InChI=1S/C15H16FNO2/c1-10(17-11-4-3-5-12(18)8-11)14-7-6-13(19-2)9-15(14)16/h3-10,17-18H,1-2H3. The number of benzene rings is 2. The van der Waals surface area contributed by atoms with E-state index in [1.165, 1.54) is 13.2 Å².